The first kappa shape index (κ1) is 19.4. The number of hydrogen-bond acceptors (Lipinski definition) is 4. The molecule has 0 bridgehead atoms. The van der Waals surface area contributed by atoms with Crippen LogP contribution in [0.25, 0.3) is 0 Å². The van der Waals surface area contributed by atoms with Gasteiger partial charge in [0.25, 0.3) is 0 Å². The predicted molar refractivity (Wildman–Crippen MR) is 106 cm³/mol. The van der Waals surface area contributed by atoms with Gasteiger partial charge in [-0.05, 0) is 61.1 Å². The van der Waals surface area contributed by atoms with Crippen molar-refractivity contribution in [3.05, 3.63) is 53.6 Å². The predicted octanol–water partition coefficient (Wildman–Crippen LogP) is 4.27. The summed E-state index contributed by atoms with van der Waals surface area (Å²) < 4.78 is 31.2. The number of carbonyl (C=O) groups is 1. The largest absolute Gasteiger partial charge is 0.379 e. The van der Waals surface area contributed by atoms with Crippen LogP contribution in [-0.4, -0.2) is 20.4 Å². The van der Waals surface area contributed by atoms with Crippen molar-refractivity contribution in [2.75, 3.05) is 4.90 Å². The topological polar surface area (TPSA) is 63.7 Å². The highest BCUT2D eigenvalue weighted by molar-refractivity contribution is 7.87. The van der Waals surface area contributed by atoms with E-state index >= 15 is 0 Å². The molecule has 0 aromatic heterocycles. The summed E-state index contributed by atoms with van der Waals surface area (Å²) >= 11 is 0. The summed E-state index contributed by atoms with van der Waals surface area (Å²) in [5.41, 5.74) is 2.49. The molecule has 0 saturated heterocycles. The number of rotatable bonds is 5. The molecule has 0 N–H and O–H groups in total. The molecule has 1 aliphatic rings. The van der Waals surface area contributed by atoms with Crippen molar-refractivity contribution in [2.45, 2.75) is 57.4 Å². The van der Waals surface area contributed by atoms with E-state index in [2.05, 4.69) is 6.92 Å². The summed E-state index contributed by atoms with van der Waals surface area (Å²) in [4.78, 5) is 13.7. The molecule has 2 atom stereocenters. The van der Waals surface area contributed by atoms with Gasteiger partial charge in [0.05, 0.1) is 0 Å². The second-order valence-corrected chi connectivity index (χ2v) is 8.66. The van der Waals surface area contributed by atoms with Crippen LogP contribution in [0.15, 0.2) is 47.4 Å². The summed E-state index contributed by atoms with van der Waals surface area (Å²) in [6, 6.07) is 12.1. The Kier molecular flexibility index (Phi) is 5.29. The highest BCUT2D eigenvalue weighted by atomic mass is 32.2. The number of anilines is 1. The van der Waals surface area contributed by atoms with Crippen LogP contribution in [0.2, 0.25) is 0 Å². The lowest BCUT2D eigenvalue weighted by molar-refractivity contribution is -0.116. The molecule has 0 saturated carbocycles. The van der Waals surface area contributed by atoms with Crippen LogP contribution >= 0.6 is 0 Å². The smallest absolute Gasteiger partial charge is 0.339 e. The zero-order chi connectivity index (χ0) is 19.8. The van der Waals surface area contributed by atoms with E-state index in [9.17, 15) is 13.2 Å². The maximum absolute atomic E-state index is 12.9. The molecule has 0 spiro atoms. The van der Waals surface area contributed by atoms with Crippen molar-refractivity contribution in [1.82, 2.24) is 0 Å². The van der Waals surface area contributed by atoms with Crippen molar-refractivity contribution in [3.63, 3.8) is 0 Å². The first-order valence-corrected chi connectivity index (χ1v) is 10.6. The second-order valence-electron chi connectivity index (χ2n) is 7.12. The average molecular weight is 388 g/mol. The minimum absolute atomic E-state index is 0.0162. The molecule has 144 valence electrons. The normalized spacial score (nSPS) is 17.5. The molecular formula is C21H25NO4S. The van der Waals surface area contributed by atoms with E-state index < -0.39 is 10.1 Å². The molecule has 1 heterocycles. The Balaban J connectivity index is 1.94. The molecule has 0 aliphatic carbocycles. The Morgan fingerprint density at radius 3 is 2.63 bits per heavy atom. The number of carbonyl (C=O) groups excluding carboxylic acids is 1. The van der Waals surface area contributed by atoms with Gasteiger partial charge in [0, 0.05) is 18.7 Å². The fourth-order valence-corrected chi connectivity index (χ4v) is 4.60. The highest BCUT2D eigenvalue weighted by Crippen LogP contribution is 2.35. The van der Waals surface area contributed by atoms with E-state index in [0.717, 1.165) is 23.2 Å². The van der Waals surface area contributed by atoms with Gasteiger partial charge in [0.2, 0.25) is 5.91 Å². The summed E-state index contributed by atoms with van der Waals surface area (Å²) in [6.07, 6.45) is 1.51. The molecule has 27 heavy (non-hydrogen) atoms. The summed E-state index contributed by atoms with van der Waals surface area (Å²) in [5.74, 6) is 0.517. The minimum atomic E-state index is -3.96. The molecule has 2 aromatic rings. The van der Waals surface area contributed by atoms with E-state index in [-0.39, 0.29) is 22.8 Å². The fraction of sp³-hybridized carbons (Fsp3) is 0.381. The summed E-state index contributed by atoms with van der Waals surface area (Å²) in [5, 5.41) is 0. The molecule has 2 unspecified atom stereocenters. The fourth-order valence-electron chi connectivity index (χ4n) is 3.59. The van der Waals surface area contributed by atoms with Crippen LogP contribution in [0.3, 0.4) is 0 Å². The van der Waals surface area contributed by atoms with Gasteiger partial charge in [0.15, 0.2) is 0 Å². The maximum atomic E-state index is 12.9. The zero-order valence-corrected chi connectivity index (χ0v) is 16.9. The van der Waals surface area contributed by atoms with Crippen LogP contribution < -0.4 is 9.08 Å². The Morgan fingerprint density at radius 1 is 1.26 bits per heavy atom. The van der Waals surface area contributed by atoms with Gasteiger partial charge < -0.3 is 9.08 Å². The van der Waals surface area contributed by atoms with Gasteiger partial charge in [-0.25, -0.2) is 0 Å². The molecule has 2 aromatic carbocycles. The molecule has 6 heteroatoms. The molecule has 3 rings (SSSR count). The average Bonchev–Trinajstić information content (AvgIpc) is 2.96. The van der Waals surface area contributed by atoms with E-state index in [4.69, 9.17) is 4.18 Å². The molecule has 0 fully saturated rings. The van der Waals surface area contributed by atoms with Crippen LogP contribution in [0.1, 0.15) is 51.2 Å². The standard InChI is InChI=1S/C21H25NO4S/c1-5-14(2)19-8-6-7-9-21(19)26-27(24,25)18-10-11-20-17(13-18)12-15(3)22(20)16(4)23/h6-11,13-15H,5,12H2,1-4H3. The first-order chi connectivity index (χ1) is 12.7. The van der Waals surface area contributed by atoms with Gasteiger partial charge in [-0.15, -0.1) is 0 Å². The highest BCUT2D eigenvalue weighted by Gasteiger charge is 2.31. The molecule has 1 aliphatic heterocycles. The second kappa shape index (κ2) is 7.35. The van der Waals surface area contributed by atoms with E-state index in [0.29, 0.717) is 12.2 Å². The monoisotopic (exact) mass is 387 g/mol. The minimum Gasteiger partial charge on any atom is -0.379 e. The third kappa shape index (κ3) is 3.72. The number of nitrogens with zero attached hydrogens (tertiary/aromatic N) is 1. The maximum Gasteiger partial charge on any atom is 0.339 e. The molecule has 1 amide bonds. The number of amides is 1. The number of benzene rings is 2. The molecule has 5 nitrogen and oxygen atoms in total. The third-order valence-electron chi connectivity index (χ3n) is 5.16. The van der Waals surface area contributed by atoms with Gasteiger partial charge in [0.1, 0.15) is 10.6 Å². The zero-order valence-electron chi connectivity index (χ0n) is 16.1. The van der Waals surface area contributed by atoms with Crippen molar-refractivity contribution >= 4 is 21.7 Å². The van der Waals surface area contributed by atoms with Crippen molar-refractivity contribution in [2.24, 2.45) is 0 Å². The van der Waals surface area contributed by atoms with Crippen LogP contribution in [0.4, 0.5) is 5.69 Å². The molecular weight excluding hydrogens is 362 g/mol. The SMILES string of the molecule is CCC(C)c1ccccc1OS(=O)(=O)c1ccc2c(c1)CC(C)N2C(C)=O. The van der Waals surface area contributed by atoms with Crippen molar-refractivity contribution in [3.8, 4) is 5.75 Å². The lowest BCUT2D eigenvalue weighted by Gasteiger charge is -2.20. The Bertz CT molecular complexity index is 968. The lowest BCUT2D eigenvalue weighted by Crippen LogP contribution is -2.33. The van der Waals surface area contributed by atoms with Gasteiger partial charge >= 0.3 is 10.1 Å². The van der Waals surface area contributed by atoms with Gasteiger partial charge in [-0.2, -0.15) is 8.42 Å². The van der Waals surface area contributed by atoms with Gasteiger partial charge in [-0.1, -0.05) is 32.0 Å². The quantitative estimate of drug-likeness (QED) is 0.719. The molecule has 0 radical (unpaired) electrons. The van der Waals surface area contributed by atoms with Crippen LogP contribution in [0, 0.1) is 0 Å². The number of hydrogen-bond donors (Lipinski definition) is 0. The first-order valence-electron chi connectivity index (χ1n) is 9.20. The Morgan fingerprint density at radius 2 is 1.96 bits per heavy atom. The third-order valence-corrected chi connectivity index (χ3v) is 6.39. The summed E-state index contributed by atoms with van der Waals surface area (Å²) in [6.45, 7) is 7.57. The van der Waals surface area contributed by atoms with Crippen LogP contribution in [-0.2, 0) is 21.3 Å². The Hall–Kier alpha value is -2.34. The van der Waals surface area contributed by atoms with Crippen molar-refractivity contribution < 1.29 is 17.4 Å². The van der Waals surface area contributed by atoms with Crippen molar-refractivity contribution in [1.29, 1.82) is 0 Å². The van der Waals surface area contributed by atoms with Gasteiger partial charge in [-0.3, -0.25) is 4.79 Å². The van der Waals surface area contributed by atoms with E-state index in [1.807, 2.05) is 26.0 Å². The van der Waals surface area contributed by atoms with Crippen LogP contribution in [0.5, 0.6) is 5.75 Å². The number of para-hydroxylation sites is 1. The van der Waals surface area contributed by atoms with E-state index in [1.54, 1.807) is 29.2 Å². The van der Waals surface area contributed by atoms with E-state index in [1.165, 1.54) is 13.0 Å². The summed E-state index contributed by atoms with van der Waals surface area (Å²) in [7, 11) is -3.96. The number of fused-ring (bicyclic) bond motifs is 1. The lowest BCUT2D eigenvalue weighted by atomic mass is 9.98. The Labute approximate surface area is 161 Å².